The Kier molecular flexibility index (Phi) is 4.15. The molecule has 0 aromatic carbocycles. The molecule has 2 rings (SSSR count). The predicted molar refractivity (Wildman–Crippen MR) is 67.9 cm³/mol. The van der Waals surface area contributed by atoms with Crippen LogP contribution in [0.4, 0.5) is 5.69 Å². The Morgan fingerprint density at radius 3 is 3.06 bits per heavy atom. The number of rotatable bonds is 5. The molecule has 0 spiro atoms. The molecule has 1 aliphatic heterocycles. The summed E-state index contributed by atoms with van der Waals surface area (Å²) in [5, 5.41) is 2.85. The van der Waals surface area contributed by atoms with E-state index in [1.54, 1.807) is 19.3 Å². The van der Waals surface area contributed by atoms with Crippen LogP contribution in [-0.2, 0) is 14.8 Å². The fourth-order valence-corrected chi connectivity index (χ4v) is 3.12. The van der Waals surface area contributed by atoms with E-state index < -0.39 is 10.0 Å². The van der Waals surface area contributed by atoms with Crippen molar-refractivity contribution < 1.29 is 13.2 Å². The average Bonchev–Trinajstić information content (AvgIpc) is 2.89. The minimum atomic E-state index is -3.52. The first-order valence-electron chi connectivity index (χ1n) is 5.82. The van der Waals surface area contributed by atoms with Crippen LogP contribution in [0.2, 0.25) is 0 Å². The van der Waals surface area contributed by atoms with E-state index in [1.807, 2.05) is 0 Å². The van der Waals surface area contributed by atoms with E-state index in [0.717, 1.165) is 6.42 Å². The highest BCUT2D eigenvalue weighted by Crippen LogP contribution is 2.19. The summed E-state index contributed by atoms with van der Waals surface area (Å²) in [6.45, 7) is 1.73. The normalized spacial score (nSPS) is 19.9. The second-order valence-corrected chi connectivity index (χ2v) is 5.94. The number of ether oxygens (including phenoxy) is 1. The van der Waals surface area contributed by atoms with Gasteiger partial charge in [-0.2, -0.15) is 0 Å². The van der Waals surface area contributed by atoms with Crippen LogP contribution in [0.15, 0.2) is 23.4 Å². The van der Waals surface area contributed by atoms with Crippen molar-refractivity contribution in [3.05, 3.63) is 18.5 Å². The Balaban J connectivity index is 2.09. The number of hydrogen-bond acceptors (Lipinski definition) is 5. The van der Waals surface area contributed by atoms with Crippen molar-refractivity contribution in [3.8, 4) is 0 Å². The molecule has 1 aromatic heterocycles. The van der Waals surface area contributed by atoms with Crippen LogP contribution in [0, 0.1) is 5.92 Å². The van der Waals surface area contributed by atoms with E-state index in [2.05, 4.69) is 15.0 Å². The van der Waals surface area contributed by atoms with E-state index in [9.17, 15) is 8.42 Å². The third-order valence-electron chi connectivity index (χ3n) is 2.93. The number of anilines is 1. The molecule has 2 heterocycles. The van der Waals surface area contributed by atoms with E-state index >= 15 is 0 Å². The lowest BCUT2D eigenvalue weighted by atomic mass is 10.1. The zero-order valence-electron chi connectivity index (χ0n) is 10.2. The number of pyridine rings is 1. The van der Waals surface area contributed by atoms with Gasteiger partial charge in [0.15, 0.2) is 0 Å². The fraction of sp³-hybridized carbons (Fsp3) is 0.545. The smallest absolute Gasteiger partial charge is 0.244 e. The fourth-order valence-electron chi connectivity index (χ4n) is 1.85. The Hall–Kier alpha value is -1.18. The molecule has 2 N–H and O–H groups in total. The van der Waals surface area contributed by atoms with E-state index in [-0.39, 0.29) is 10.8 Å². The molecule has 1 aromatic rings. The maximum absolute atomic E-state index is 12.1. The van der Waals surface area contributed by atoms with Gasteiger partial charge >= 0.3 is 0 Å². The second-order valence-electron chi connectivity index (χ2n) is 4.20. The summed E-state index contributed by atoms with van der Waals surface area (Å²) < 4.78 is 32.1. The van der Waals surface area contributed by atoms with E-state index in [0.29, 0.717) is 25.4 Å². The second kappa shape index (κ2) is 5.64. The zero-order chi connectivity index (χ0) is 13.0. The highest BCUT2D eigenvalue weighted by Gasteiger charge is 2.22. The molecule has 100 valence electrons. The molecule has 0 amide bonds. The first kappa shape index (κ1) is 13.3. The standard InChI is InChI=1S/C11H17N3O3S/c1-12-10-2-4-13-7-11(10)18(15,16)14-6-9-3-5-17-8-9/h2,4,7,9,14H,3,5-6,8H2,1H3,(H,12,13). The van der Waals surface area contributed by atoms with Crippen molar-refractivity contribution >= 4 is 15.7 Å². The lowest BCUT2D eigenvalue weighted by Gasteiger charge is -2.12. The SMILES string of the molecule is CNc1ccncc1S(=O)(=O)NCC1CCOC1. The summed E-state index contributed by atoms with van der Waals surface area (Å²) in [6.07, 6.45) is 3.80. The molecule has 0 radical (unpaired) electrons. The summed E-state index contributed by atoms with van der Waals surface area (Å²) in [6, 6.07) is 1.63. The van der Waals surface area contributed by atoms with Crippen molar-refractivity contribution in [3.63, 3.8) is 0 Å². The van der Waals surface area contributed by atoms with Crippen LogP contribution in [0.1, 0.15) is 6.42 Å². The quantitative estimate of drug-likeness (QED) is 0.812. The molecule has 0 bridgehead atoms. The predicted octanol–water partition coefficient (Wildman–Crippen LogP) is 0.438. The Labute approximate surface area is 107 Å². The van der Waals surface area contributed by atoms with Gasteiger partial charge in [0.2, 0.25) is 10.0 Å². The highest BCUT2D eigenvalue weighted by molar-refractivity contribution is 7.89. The number of aromatic nitrogens is 1. The summed E-state index contributed by atoms with van der Waals surface area (Å²) >= 11 is 0. The molecule has 0 saturated carbocycles. The van der Waals surface area contributed by atoms with Crippen molar-refractivity contribution in [2.45, 2.75) is 11.3 Å². The van der Waals surface area contributed by atoms with Crippen LogP contribution in [-0.4, -0.2) is 40.2 Å². The number of hydrogen-bond donors (Lipinski definition) is 2. The van der Waals surface area contributed by atoms with Crippen LogP contribution >= 0.6 is 0 Å². The summed E-state index contributed by atoms with van der Waals surface area (Å²) in [7, 11) is -1.84. The first-order chi connectivity index (χ1) is 8.63. The van der Waals surface area contributed by atoms with Gasteiger partial charge in [-0.05, 0) is 18.4 Å². The van der Waals surface area contributed by atoms with Gasteiger partial charge in [-0.15, -0.1) is 0 Å². The van der Waals surface area contributed by atoms with Gasteiger partial charge in [0.05, 0.1) is 12.3 Å². The van der Waals surface area contributed by atoms with Crippen molar-refractivity contribution in [2.75, 3.05) is 32.1 Å². The van der Waals surface area contributed by atoms with Gasteiger partial charge in [-0.3, -0.25) is 4.98 Å². The van der Waals surface area contributed by atoms with Gasteiger partial charge in [0.25, 0.3) is 0 Å². The Morgan fingerprint density at radius 2 is 2.39 bits per heavy atom. The average molecular weight is 271 g/mol. The number of nitrogens with zero attached hydrogens (tertiary/aromatic N) is 1. The van der Waals surface area contributed by atoms with Crippen molar-refractivity contribution in [2.24, 2.45) is 5.92 Å². The molecular formula is C11H17N3O3S. The molecule has 1 atom stereocenters. The van der Waals surface area contributed by atoms with Crippen LogP contribution in [0.5, 0.6) is 0 Å². The molecule has 6 nitrogen and oxygen atoms in total. The molecule has 1 saturated heterocycles. The lowest BCUT2D eigenvalue weighted by molar-refractivity contribution is 0.186. The van der Waals surface area contributed by atoms with Gasteiger partial charge < -0.3 is 10.1 Å². The highest BCUT2D eigenvalue weighted by atomic mass is 32.2. The van der Waals surface area contributed by atoms with Gasteiger partial charge in [0.1, 0.15) is 4.90 Å². The zero-order valence-corrected chi connectivity index (χ0v) is 11.0. The first-order valence-corrected chi connectivity index (χ1v) is 7.31. The molecule has 0 aliphatic carbocycles. The molecular weight excluding hydrogens is 254 g/mol. The summed E-state index contributed by atoms with van der Waals surface area (Å²) in [4.78, 5) is 4.03. The van der Waals surface area contributed by atoms with Gasteiger partial charge in [0, 0.05) is 32.6 Å². The van der Waals surface area contributed by atoms with Gasteiger partial charge in [-0.25, -0.2) is 13.1 Å². The van der Waals surface area contributed by atoms with Crippen LogP contribution in [0.3, 0.4) is 0 Å². The van der Waals surface area contributed by atoms with E-state index in [1.165, 1.54) is 6.20 Å². The third kappa shape index (κ3) is 2.98. The third-order valence-corrected chi connectivity index (χ3v) is 4.38. The minimum absolute atomic E-state index is 0.173. The number of sulfonamides is 1. The topological polar surface area (TPSA) is 80.3 Å². The lowest BCUT2D eigenvalue weighted by Crippen LogP contribution is -2.30. The molecule has 1 unspecified atom stereocenters. The van der Waals surface area contributed by atoms with Crippen molar-refractivity contribution in [1.29, 1.82) is 0 Å². The minimum Gasteiger partial charge on any atom is -0.387 e. The van der Waals surface area contributed by atoms with Crippen LogP contribution in [0.25, 0.3) is 0 Å². The molecule has 1 fully saturated rings. The molecule has 18 heavy (non-hydrogen) atoms. The van der Waals surface area contributed by atoms with E-state index in [4.69, 9.17) is 4.74 Å². The Bertz CT molecular complexity index is 498. The van der Waals surface area contributed by atoms with Gasteiger partial charge in [-0.1, -0.05) is 0 Å². The summed E-state index contributed by atoms with van der Waals surface area (Å²) in [5.74, 6) is 0.259. The number of nitrogens with one attached hydrogen (secondary N) is 2. The summed E-state index contributed by atoms with van der Waals surface area (Å²) in [5.41, 5.74) is 0.542. The van der Waals surface area contributed by atoms with Crippen LogP contribution < -0.4 is 10.0 Å². The molecule has 7 heteroatoms. The monoisotopic (exact) mass is 271 g/mol. The van der Waals surface area contributed by atoms with Crippen molar-refractivity contribution in [1.82, 2.24) is 9.71 Å². The maximum Gasteiger partial charge on any atom is 0.244 e. The Morgan fingerprint density at radius 1 is 1.56 bits per heavy atom. The molecule has 1 aliphatic rings. The largest absolute Gasteiger partial charge is 0.387 e. The maximum atomic E-state index is 12.1.